The van der Waals surface area contributed by atoms with Crippen molar-refractivity contribution >= 4 is 35.3 Å². The lowest BCUT2D eigenvalue weighted by atomic mass is 10.1. The van der Waals surface area contributed by atoms with Gasteiger partial charge in [0.25, 0.3) is 5.91 Å². The molecule has 3 N–H and O–H groups in total. The van der Waals surface area contributed by atoms with E-state index in [-0.39, 0.29) is 11.4 Å². The number of amides is 3. The van der Waals surface area contributed by atoms with Gasteiger partial charge in [-0.2, -0.15) is 18.3 Å². The van der Waals surface area contributed by atoms with E-state index in [9.17, 15) is 27.6 Å². The van der Waals surface area contributed by atoms with Gasteiger partial charge >= 0.3 is 18.0 Å². The molecule has 0 aliphatic rings. The van der Waals surface area contributed by atoms with Crippen molar-refractivity contribution in [2.24, 2.45) is 5.10 Å². The molecule has 0 atom stereocenters. The third-order valence-electron chi connectivity index (χ3n) is 4.78. The Bertz CT molecular complexity index is 1310. The van der Waals surface area contributed by atoms with Gasteiger partial charge in [0.15, 0.2) is 6.61 Å². The summed E-state index contributed by atoms with van der Waals surface area (Å²) in [5.74, 6) is -2.00. The summed E-state index contributed by atoms with van der Waals surface area (Å²) in [5, 5.41) is 8.36. The Morgan fingerprint density at radius 3 is 2.18 bits per heavy atom. The second kappa shape index (κ2) is 12.9. The van der Waals surface area contributed by atoms with Gasteiger partial charge in [0.2, 0.25) is 0 Å². The van der Waals surface area contributed by atoms with Crippen molar-refractivity contribution in [3.63, 3.8) is 0 Å². The predicted octanol–water partition coefficient (Wildman–Crippen LogP) is 4.21. The van der Waals surface area contributed by atoms with Gasteiger partial charge in [0.1, 0.15) is 11.5 Å². The highest BCUT2D eigenvalue weighted by molar-refractivity contribution is 6.39. The van der Waals surface area contributed by atoms with E-state index < -0.39 is 36.1 Å². The van der Waals surface area contributed by atoms with E-state index >= 15 is 0 Å². The number of carbonyl (C=O) groups is 3. The molecule has 0 fully saturated rings. The number of ether oxygens (including phenoxy) is 2. The minimum Gasteiger partial charge on any atom is -0.492 e. The normalized spacial score (nSPS) is 11.1. The molecule has 0 spiro atoms. The maximum absolute atomic E-state index is 13.0. The number of hydrazone groups is 1. The van der Waals surface area contributed by atoms with Crippen molar-refractivity contribution in [3.05, 3.63) is 83.9 Å². The lowest BCUT2D eigenvalue weighted by Crippen LogP contribution is -2.32. The molecule has 12 heteroatoms. The number of alkyl halides is 3. The minimum absolute atomic E-state index is 0.276. The summed E-state index contributed by atoms with van der Waals surface area (Å²) < 4.78 is 49.8. The molecule has 198 valence electrons. The van der Waals surface area contributed by atoms with E-state index in [0.29, 0.717) is 23.6 Å². The Morgan fingerprint density at radius 2 is 1.50 bits per heavy atom. The van der Waals surface area contributed by atoms with E-state index in [0.717, 1.165) is 12.1 Å². The zero-order valence-electron chi connectivity index (χ0n) is 20.0. The van der Waals surface area contributed by atoms with Crippen molar-refractivity contribution < 1.29 is 37.0 Å². The quantitative estimate of drug-likeness (QED) is 0.219. The SMILES string of the molecule is CCOc1ccccc1NC(=O)C(=O)N/N=C\c1ccc(OCC(=O)Nc2ccccc2C(F)(F)F)cc1. The molecule has 0 heterocycles. The first-order valence-corrected chi connectivity index (χ1v) is 11.2. The molecule has 38 heavy (non-hydrogen) atoms. The summed E-state index contributed by atoms with van der Waals surface area (Å²) in [7, 11) is 0. The Kier molecular flexibility index (Phi) is 9.41. The van der Waals surface area contributed by atoms with Crippen molar-refractivity contribution in [1.82, 2.24) is 5.43 Å². The highest BCUT2D eigenvalue weighted by Crippen LogP contribution is 2.34. The molecule has 0 radical (unpaired) electrons. The number of nitrogens with zero attached hydrogens (tertiary/aromatic N) is 1. The third-order valence-corrected chi connectivity index (χ3v) is 4.78. The van der Waals surface area contributed by atoms with E-state index in [4.69, 9.17) is 9.47 Å². The van der Waals surface area contributed by atoms with Crippen molar-refractivity contribution in [2.45, 2.75) is 13.1 Å². The molecule has 3 rings (SSSR count). The highest BCUT2D eigenvalue weighted by Gasteiger charge is 2.33. The lowest BCUT2D eigenvalue weighted by Gasteiger charge is -2.13. The highest BCUT2D eigenvalue weighted by atomic mass is 19.4. The Labute approximate surface area is 215 Å². The van der Waals surface area contributed by atoms with E-state index in [2.05, 4.69) is 21.2 Å². The van der Waals surface area contributed by atoms with Gasteiger partial charge in [0.05, 0.1) is 29.8 Å². The largest absolute Gasteiger partial charge is 0.492 e. The zero-order valence-corrected chi connectivity index (χ0v) is 20.0. The van der Waals surface area contributed by atoms with Crippen LogP contribution in [0.3, 0.4) is 0 Å². The number of nitrogens with one attached hydrogen (secondary N) is 3. The summed E-state index contributed by atoms with van der Waals surface area (Å²) in [4.78, 5) is 36.2. The van der Waals surface area contributed by atoms with Crippen LogP contribution >= 0.6 is 0 Å². The van der Waals surface area contributed by atoms with Gasteiger partial charge in [-0.15, -0.1) is 0 Å². The van der Waals surface area contributed by atoms with Crippen LogP contribution in [-0.2, 0) is 20.6 Å². The van der Waals surface area contributed by atoms with Crippen LogP contribution in [0.25, 0.3) is 0 Å². The van der Waals surface area contributed by atoms with Crippen LogP contribution < -0.4 is 25.5 Å². The molecule has 3 amide bonds. The number of anilines is 2. The predicted molar refractivity (Wildman–Crippen MR) is 134 cm³/mol. The van der Waals surface area contributed by atoms with Gasteiger partial charge in [-0.25, -0.2) is 5.43 Å². The first-order chi connectivity index (χ1) is 18.2. The lowest BCUT2D eigenvalue weighted by molar-refractivity contribution is -0.137. The molecular formula is C26H23F3N4O5. The average molecular weight is 528 g/mol. The zero-order chi connectivity index (χ0) is 27.5. The van der Waals surface area contributed by atoms with Crippen LogP contribution in [0.1, 0.15) is 18.1 Å². The maximum Gasteiger partial charge on any atom is 0.418 e. The second-order valence-electron chi connectivity index (χ2n) is 7.53. The monoisotopic (exact) mass is 528 g/mol. The van der Waals surface area contributed by atoms with E-state index in [1.807, 2.05) is 0 Å². The fourth-order valence-electron chi connectivity index (χ4n) is 3.07. The molecular weight excluding hydrogens is 505 g/mol. The van der Waals surface area contributed by atoms with Gasteiger partial charge < -0.3 is 20.1 Å². The summed E-state index contributed by atoms with van der Waals surface area (Å²) >= 11 is 0. The van der Waals surface area contributed by atoms with Crippen LogP contribution in [0.5, 0.6) is 11.5 Å². The van der Waals surface area contributed by atoms with E-state index in [1.54, 1.807) is 43.3 Å². The molecule has 0 unspecified atom stereocenters. The Hall–Kier alpha value is -4.87. The number of halogens is 3. The number of hydrogen-bond donors (Lipinski definition) is 3. The fourth-order valence-corrected chi connectivity index (χ4v) is 3.07. The molecule has 3 aromatic rings. The minimum atomic E-state index is -4.61. The van der Waals surface area contributed by atoms with Crippen LogP contribution in [0.15, 0.2) is 77.9 Å². The summed E-state index contributed by atoms with van der Waals surface area (Å²) in [6, 6.07) is 17.4. The number of benzene rings is 3. The third kappa shape index (κ3) is 8.08. The van der Waals surface area contributed by atoms with E-state index in [1.165, 1.54) is 30.5 Å². The van der Waals surface area contributed by atoms with Gasteiger partial charge in [0, 0.05) is 0 Å². The summed E-state index contributed by atoms with van der Waals surface area (Å²) in [6.45, 7) is 1.66. The number of para-hydroxylation sites is 3. The summed E-state index contributed by atoms with van der Waals surface area (Å²) in [5.41, 5.74) is 1.65. The molecule has 0 aliphatic carbocycles. The Balaban J connectivity index is 1.47. The van der Waals surface area contributed by atoms with Gasteiger partial charge in [-0.3, -0.25) is 14.4 Å². The van der Waals surface area contributed by atoms with Crippen molar-refractivity contribution in [3.8, 4) is 11.5 Å². The maximum atomic E-state index is 13.0. The molecule has 0 aliphatic heterocycles. The molecule has 0 saturated carbocycles. The number of hydrogen-bond acceptors (Lipinski definition) is 6. The second-order valence-corrected chi connectivity index (χ2v) is 7.53. The standard InChI is InChI=1S/C26H23F3N4O5/c1-2-37-22-10-6-5-9-21(22)32-24(35)25(36)33-30-15-17-11-13-18(14-12-17)38-16-23(34)31-20-8-4-3-7-19(20)26(27,28)29/h3-15H,2,16H2,1H3,(H,31,34)(H,32,35)(H,33,36)/b30-15-. The molecule has 3 aromatic carbocycles. The summed E-state index contributed by atoms with van der Waals surface area (Å²) in [6.07, 6.45) is -3.33. The average Bonchev–Trinajstić information content (AvgIpc) is 2.89. The first kappa shape index (κ1) is 27.7. The number of rotatable bonds is 9. The van der Waals surface area contributed by atoms with Crippen LogP contribution in [0.2, 0.25) is 0 Å². The molecule has 9 nitrogen and oxygen atoms in total. The van der Waals surface area contributed by atoms with Crippen LogP contribution in [0, 0.1) is 0 Å². The fraction of sp³-hybridized carbons (Fsp3) is 0.154. The Morgan fingerprint density at radius 1 is 0.842 bits per heavy atom. The number of carbonyl (C=O) groups excluding carboxylic acids is 3. The van der Waals surface area contributed by atoms with Gasteiger partial charge in [-0.1, -0.05) is 24.3 Å². The topological polar surface area (TPSA) is 118 Å². The van der Waals surface area contributed by atoms with Crippen molar-refractivity contribution in [2.75, 3.05) is 23.8 Å². The van der Waals surface area contributed by atoms with Crippen LogP contribution in [-0.4, -0.2) is 37.1 Å². The van der Waals surface area contributed by atoms with Crippen LogP contribution in [0.4, 0.5) is 24.5 Å². The molecule has 0 bridgehead atoms. The first-order valence-electron chi connectivity index (χ1n) is 11.2. The smallest absolute Gasteiger partial charge is 0.418 e. The molecule has 0 saturated heterocycles. The van der Waals surface area contributed by atoms with Gasteiger partial charge in [-0.05, 0) is 61.0 Å². The van der Waals surface area contributed by atoms with Crippen molar-refractivity contribution in [1.29, 1.82) is 0 Å². The molecule has 0 aromatic heterocycles.